The average Bonchev–Trinajstić information content (AvgIpc) is 1.54. The SMILES string of the molecule is [2H]C(=O)[O-].[2H]C(=O)[O-].[2H]C(=O)[O-].[Mn+3]. The minimum atomic E-state index is -1.83. The molecular formula is C3H3MnO6. The Kier molecular flexibility index (Phi) is 91.3. The fourth-order valence-corrected chi connectivity index (χ4v) is 0. The number of hydrogen-bond acceptors (Lipinski definition) is 6. The van der Waals surface area contributed by atoms with Gasteiger partial charge in [0, 0.05) is 19.3 Å². The molecule has 0 saturated heterocycles. The molecule has 0 N–H and O–H groups in total. The monoisotopic (exact) mass is 193 g/mol. The molecule has 0 aromatic rings. The van der Waals surface area contributed by atoms with Crippen LogP contribution < -0.4 is 15.3 Å². The molecule has 10 heavy (non-hydrogen) atoms. The smallest absolute Gasteiger partial charge is 0.554 e. The summed E-state index contributed by atoms with van der Waals surface area (Å²) in [6.07, 6.45) is -5.50. The Morgan fingerprint density at radius 2 is 0.900 bits per heavy atom. The Labute approximate surface area is 71.2 Å². The van der Waals surface area contributed by atoms with E-state index in [0.717, 1.165) is 0 Å². The van der Waals surface area contributed by atoms with E-state index in [1.807, 2.05) is 0 Å². The number of carboxylic acid groups (broad SMARTS) is 3. The molecule has 58 valence electrons. The van der Waals surface area contributed by atoms with Gasteiger partial charge in [0.25, 0.3) is 0 Å². The predicted octanol–water partition coefficient (Wildman–Crippen LogP) is -4.90. The molecule has 0 rings (SSSR count). The first-order valence-corrected chi connectivity index (χ1v) is 1.22. The molecule has 0 fully saturated rings. The maximum atomic E-state index is 8.56. The molecule has 0 unspecified atom stereocenters. The Morgan fingerprint density at radius 3 is 0.900 bits per heavy atom. The largest absolute Gasteiger partial charge is 3.00 e. The van der Waals surface area contributed by atoms with Crippen molar-refractivity contribution in [3.05, 3.63) is 0 Å². The van der Waals surface area contributed by atoms with Gasteiger partial charge in [-0.15, -0.1) is 0 Å². The summed E-state index contributed by atoms with van der Waals surface area (Å²) in [5, 5.41) is 25.7. The van der Waals surface area contributed by atoms with E-state index in [0.29, 0.717) is 0 Å². The second-order valence-electron chi connectivity index (χ2n) is 0.250. The van der Waals surface area contributed by atoms with Crippen LogP contribution in [0.2, 0.25) is 0 Å². The maximum absolute atomic E-state index is 8.56. The van der Waals surface area contributed by atoms with E-state index in [2.05, 4.69) is 0 Å². The zero-order valence-electron chi connectivity index (χ0n) is 7.33. The van der Waals surface area contributed by atoms with Crippen molar-refractivity contribution in [2.24, 2.45) is 0 Å². The van der Waals surface area contributed by atoms with Crippen LogP contribution in [0.3, 0.4) is 0 Å². The van der Waals surface area contributed by atoms with E-state index in [9.17, 15) is 0 Å². The zero-order chi connectivity index (χ0) is 10.7. The van der Waals surface area contributed by atoms with Crippen molar-refractivity contribution < 1.29 is 50.9 Å². The van der Waals surface area contributed by atoms with Gasteiger partial charge in [0.2, 0.25) is 0 Å². The Balaban J connectivity index is -0.0000000450. The summed E-state index contributed by atoms with van der Waals surface area (Å²) < 4.78 is 16.2. The van der Waals surface area contributed by atoms with Crippen molar-refractivity contribution >= 4 is 19.3 Å². The van der Waals surface area contributed by atoms with Gasteiger partial charge in [-0.25, -0.2) is 0 Å². The molecule has 0 aliphatic heterocycles. The summed E-state index contributed by atoms with van der Waals surface area (Å²) >= 11 is 0. The number of carbonyl (C=O) groups excluding carboxylic acids is 3. The molecule has 6 nitrogen and oxygen atoms in total. The molecule has 0 aromatic carbocycles. The van der Waals surface area contributed by atoms with Crippen LogP contribution in [0, 0.1) is 0 Å². The Hall–Kier alpha value is -1.07. The van der Waals surface area contributed by atoms with Gasteiger partial charge in [-0.05, 0) is 0 Å². The Morgan fingerprint density at radius 1 is 0.900 bits per heavy atom. The van der Waals surface area contributed by atoms with Crippen LogP contribution in [0.15, 0.2) is 0 Å². The molecule has 0 saturated carbocycles. The quantitative estimate of drug-likeness (QED) is 0.280. The number of carbonyl (C=O) groups is 3. The van der Waals surface area contributed by atoms with Gasteiger partial charge < -0.3 is 29.7 Å². The van der Waals surface area contributed by atoms with Crippen molar-refractivity contribution in [1.82, 2.24) is 0 Å². The summed E-state index contributed by atoms with van der Waals surface area (Å²) in [7, 11) is 0. The normalized spacial score (nSPS) is 7.80. The van der Waals surface area contributed by atoms with Gasteiger partial charge in [-0.3, -0.25) is 0 Å². The van der Waals surface area contributed by atoms with Gasteiger partial charge in [0.1, 0.15) is 0 Å². The van der Waals surface area contributed by atoms with E-state index in [-0.39, 0.29) is 17.1 Å². The Bertz CT molecular complexity index is 121. The van der Waals surface area contributed by atoms with Crippen LogP contribution in [0.4, 0.5) is 0 Å². The molecule has 0 radical (unpaired) electrons. The summed E-state index contributed by atoms with van der Waals surface area (Å²) in [5.41, 5.74) is 0. The van der Waals surface area contributed by atoms with E-state index in [1.54, 1.807) is 0 Å². The second-order valence-corrected chi connectivity index (χ2v) is 0.250. The summed E-state index contributed by atoms with van der Waals surface area (Å²) in [4.78, 5) is 25.7. The first-order chi connectivity index (χ1) is 5.20. The van der Waals surface area contributed by atoms with Crippen LogP contribution in [0.5, 0.6) is 0 Å². The summed E-state index contributed by atoms with van der Waals surface area (Å²) in [6, 6.07) is 0. The fourth-order valence-electron chi connectivity index (χ4n) is 0. The maximum Gasteiger partial charge on any atom is 3.00 e. The molecule has 0 amide bonds. The average molecular weight is 193 g/mol. The molecule has 0 bridgehead atoms. The van der Waals surface area contributed by atoms with E-state index in [1.165, 1.54) is 0 Å². The number of hydrogen-bond donors (Lipinski definition) is 0. The van der Waals surface area contributed by atoms with Gasteiger partial charge >= 0.3 is 17.1 Å². The summed E-state index contributed by atoms with van der Waals surface area (Å²) in [6.45, 7) is 0. The second kappa shape index (κ2) is 102. The summed E-state index contributed by atoms with van der Waals surface area (Å²) in [5.74, 6) is 0. The van der Waals surface area contributed by atoms with Crippen molar-refractivity contribution in [2.45, 2.75) is 0 Å². The standard InChI is InChI=1S/3CH2O2.Mn/c3*2-1-3;/h3*1H,(H,2,3);/q;;;+3/p-3/i3*1D;. The van der Waals surface area contributed by atoms with Gasteiger partial charge in [0.05, 0.1) is 4.11 Å². The number of rotatable bonds is 0. The first-order valence-electron chi connectivity index (χ1n) is 2.72. The van der Waals surface area contributed by atoms with Crippen molar-refractivity contribution in [1.29, 1.82) is 0 Å². The van der Waals surface area contributed by atoms with Gasteiger partial charge in [-0.1, -0.05) is 0 Å². The van der Waals surface area contributed by atoms with Crippen LogP contribution >= 0.6 is 0 Å². The molecule has 0 spiro atoms. The minimum absolute atomic E-state index is 0. The molecule has 0 aliphatic carbocycles. The van der Waals surface area contributed by atoms with Crippen LogP contribution in [0.25, 0.3) is 0 Å². The van der Waals surface area contributed by atoms with Crippen molar-refractivity contribution in [3.8, 4) is 0 Å². The molecule has 0 aromatic heterocycles. The third-order valence-electron chi connectivity index (χ3n) is 0. The molecular weight excluding hydrogens is 187 g/mol. The first kappa shape index (κ1) is 8.93. The third kappa shape index (κ3) is 213. The van der Waals surface area contributed by atoms with E-state index >= 15 is 0 Å². The minimum Gasteiger partial charge on any atom is -0.554 e. The zero-order valence-corrected chi connectivity index (χ0v) is 5.51. The van der Waals surface area contributed by atoms with E-state index in [4.69, 9.17) is 33.8 Å². The topological polar surface area (TPSA) is 120 Å². The molecule has 0 atom stereocenters. The van der Waals surface area contributed by atoms with Gasteiger partial charge in [0.15, 0.2) is 0 Å². The van der Waals surface area contributed by atoms with Crippen molar-refractivity contribution in [3.63, 3.8) is 0 Å². The van der Waals surface area contributed by atoms with Crippen LogP contribution in [-0.4, -0.2) is 19.3 Å². The molecule has 0 heterocycles. The van der Waals surface area contributed by atoms with E-state index < -0.39 is 19.3 Å². The predicted molar refractivity (Wildman–Crippen MR) is 18.2 cm³/mol. The molecule has 7 heteroatoms. The van der Waals surface area contributed by atoms with Crippen LogP contribution in [-0.2, 0) is 31.5 Å². The molecule has 0 aliphatic rings. The van der Waals surface area contributed by atoms with Crippen LogP contribution in [0.1, 0.15) is 4.11 Å². The van der Waals surface area contributed by atoms with Gasteiger partial charge in [-0.2, -0.15) is 0 Å². The fraction of sp³-hybridized carbons (Fsp3) is 0. The third-order valence-corrected chi connectivity index (χ3v) is 0. The van der Waals surface area contributed by atoms with Crippen molar-refractivity contribution in [2.75, 3.05) is 0 Å².